The summed E-state index contributed by atoms with van der Waals surface area (Å²) in [6, 6.07) is 6.03. The number of benzene rings is 2. The number of ether oxygens (including phenoxy) is 2. The number of nitrogens with zero attached hydrogens (tertiary/aromatic N) is 2. The van der Waals surface area contributed by atoms with Gasteiger partial charge in [0, 0.05) is 0 Å². The molecule has 0 spiro atoms. The molecule has 23 heavy (non-hydrogen) atoms. The summed E-state index contributed by atoms with van der Waals surface area (Å²) in [6.07, 6.45) is 3.47. The first-order chi connectivity index (χ1) is 10.9. The molecule has 0 bridgehead atoms. The van der Waals surface area contributed by atoms with Crippen LogP contribution in [0.1, 0.15) is 27.8 Å². The van der Waals surface area contributed by atoms with E-state index in [0.717, 1.165) is 38.9 Å². The van der Waals surface area contributed by atoms with Crippen molar-refractivity contribution in [2.75, 3.05) is 0 Å². The fourth-order valence-corrected chi connectivity index (χ4v) is 2.87. The summed E-state index contributed by atoms with van der Waals surface area (Å²) in [6.45, 7) is 9.73. The average Bonchev–Trinajstić information content (AvgIpc) is 2.50. The molecule has 4 heteroatoms. The van der Waals surface area contributed by atoms with Gasteiger partial charge in [-0.15, -0.1) is 10.5 Å². The maximum atomic E-state index is 8.79. The summed E-state index contributed by atoms with van der Waals surface area (Å²) in [5.41, 5.74) is 6.89. The summed E-state index contributed by atoms with van der Waals surface area (Å²) < 4.78 is 10.1. The van der Waals surface area contributed by atoms with Gasteiger partial charge in [0.05, 0.1) is 0 Å². The molecule has 0 aliphatic heterocycles. The lowest BCUT2D eigenvalue weighted by Gasteiger charge is -2.16. The van der Waals surface area contributed by atoms with E-state index in [9.17, 15) is 0 Å². The molecule has 0 heterocycles. The van der Waals surface area contributed by atoms with Crippen molar-refractivity contribution < 1.29 is 9.47 Å². The Morgan fingerprint density at radius 1 is 0.696 bits per heavy atom. The van der Waals surface area contributed by atoms with E-state index in [1.165, 1.54) is 0 Å². The molecule has 0 fully saturated rings. The van der Waals surface area contributed by atoms with Crippen LogP contribution in [0.5, 0.6) is 11.5 Å². The third-order valence-electron chi connectivity index (χ3n) is 4.09. The minimum Gasteiger partial charge on any atom is -0.387 e. The second-order valence-electron chi connectivity index (χ2n) is 5.65. The van der Waals surface area contributed by atoms with Gasteiger partial charge in [-0.1, -0.05) is 0 Å². The quantitative estimate of drug-likeness (QED) is 0.776. The van der Waals surface area contributed by atoms with Crippen LogP contribution >= 0.6 is 0 Å². The van der Waals surface area contributed by atoms with Crippen molar-refractivity contribution >= 4 is 0 Å². The molecule has 0 atom stereocenters. The summed E-state index contributed by atoms with van der Waals surface area (Å²) in [5.74, 6) is 1.22. The van der Waals surface area contributed by atoms with Gasteiger partial charge >= 0.3 is 0 Å². The van der Waals surface area contributed by atoms with E-state index >= 15 is 0 Å². The van der Waals surface area contributed by atoms with E-state index in [1.54, 1.807) is 12.5 Å². The first-order valence-electron chi connectivity index (χ1n) is 7.25. The van der Waals surface area contributed by atoms with Gasteiger partial charge in [0.15, 0.2) is 0 Å². The zero-order chi connectivity index (χ0) is 17.1. The Morgan fingerprint density at radius 3 is 1.70 bits per heavy atom. The van der Waals surface area contributed by atoms with Crippen LogP contribution < -0.4 is 9.47 Å². The van der Waals surface area contributed by atoms with Crippen molar-refractivity contribution in [3.05, 3.63) is 46.0 Å². The molecule has 0 amide bonds. The first-order valence-corrected chi connectivity index (χ1v) is 7.25. The highest BCUT2D eigenvalue weighted by Crippen LogP contribution is 2.37. The number of aryl methyl sites for hydroxylation is 3. The predicted molar refractivity (Wildman–Crippen MR) is 88.0 cm³/mol. The second kappa shape index (κ2) is 6.42. The van der Waals surface area contributed by atoms with E-state index in [0.29, 0.717) is 11.5 Å². The van der Waals surface area contributed by atoms with Crippen LogP contribution in [0, 0.1) is 57.7 Å². The molecule has 0 N–H and O–H groups in total. The number of hydrogen-bond donors (Lipinski definition) is 0. The van der Waals surface area contributed by atoms with E-state index in [4.69, 9.17) is 20.0 Å². The molecular weight excluding hydrogens is 288 g/mol. The highest BCUT2D eigenvalue weighted by atomic mass is 16.5. The van der Waals surface area contributed by atoms with Gasteiger partial charge in [-0.25, -0.2) is 0 Å². The standard InChI is InChI=1S/C19H18N2O2/c1-11-6-16(7-12(2)18(11)22-9-20)17-8-13(3)19(23-10-21)15(5)14(17)4/h6-8H,1-5H3. The Balaban J connectivity index is 2.65. The molecule has 116 valence electrons. The Bertz CT molecular complexity index is 832. The second-order valence-corrected chi connectivity index (χ2v) is 5.65. The van der Waals surface area contributed by atoms with E-state index in [1.807, 2.05) is 52.8 Å². The molecule has 2 aromatic carbocycles. The van der Waals surface area contributed by atoms with Gasteiger partial charge in [0.2, 0.25) is 0 Å². The highest BCUT2D eigenvalue weighted by Gasteiger charge is 2.15. The topological polar surface area (TPSA) is 66.0 Å². The number of rotatable bonds is 3. The summed E-state index contributed by atoms with van der Waals surface area (Å²) in [7, 11) is 0. The van der Waals surface area contributed by atoms with Gasteiger partial charge in [-0.2, -0.15) is 0 Å². The molecule has 4 nitrogen and oxygen atoms in total. The highest BCUT2D eigenvalue weighted by molar-refractivity contribution is 5.74. The van der Waals surface area contributed by atoms with Gasteiger partial charge < -0.3 is 9.47 Å². The number of hydrogen-bond acceptors (Lipinski definition) is 4. The van der Waals surface area contributed by atoms with Gasteiger partial charge in [-0.05, 0) is 91.8 Å². The maximum Gasteiger partial charge on any atom is 0.292 e. The summed E-state index contributed by atoms with van der Waals surface area (Å²) >= 11 is 0. The lowest BCUT2D eigenvalue weighted by molar-refractivity contribution is 0.498. The molecule has 0 unspecified atom stereocenters. The Morgan fingerprint density at radius 2 is 1.17 bits per heavy atom. The van der Waals surface area contributed by atoms with Crippen LogP contribution in [0.3, 0.4) is 0 Å². The fraction of sp³-hybridized carbons (Fsp3) is 0.263. The van der Waals surface area contributed by atoms with Crippen LogP contribution in [0.15, 0.2) is 18.2 Å². The van der Waals surface area contributed by atoms with E-state index < -0.39 is 0 Å². The van der Waals surface area contributed by atoms with Crippen LogP contribution in [-0.4, -0.2) is 0 Å². The van der Waals surface area contributed by atoms with Crippen molar-refractivity contribution in [2.45, 2.75) is 34.6 Å². The molecule has 2 aromatic rings. The van der Waals surface area contributed by atoms with Gasteiger partial charge in [-0.3, -0.25) is 0 Å². The molecule has 0 aliphatic rings. The Hall–Kier alpha value is -2.98. The monoisotopic (exact) mass is 306 g/mol. The lowest BCUT2D eigenvalue weighted by atomic mass is 9.91. The Kier molecular flexibility index (Phi) is 4.57. The maximum absolute atomic E-state index is 8.79. The minimum absolute atomic E-state index is 0.604. The largest absolute Gasteiger partial charge is 0.387 e. The zero-order valence-corrected chi connectivity index (χ0v) is 13.9. The van der Waals surface area contributed by atoms with Crippen LogP contribution in [-0.2, 0) is 0 Å². The third-order valence-corrected chi connectivity index (χ3v) is 4.09. The van der Waals surface area contributed by atoms with Gasteiger partial charge in [0.1, 0.15) is 11.5 Å². The molecule has 0 radical (unpaired) electrons. The zero-order valence-electron chi connectivity index (χ0n) is 13.9. The van der Waals surface area contributed by atoms with Crippen molar-refractivity contribution in [3.8, 4) is 35.1 Å². The van der Waals surface area contributed by atoms with Crippen molar-refractivity contribution in [1.29, 1.82) is 10.5 Å². The summed E-state index contributed by atoms with van der Waals surface area (Å²) in [5, 5.41) is 17.5. The minimum atomic E-state index is 0.604. The fourth-order valence-electron chi connectivity index (χ4n) is 2.87. The number of nitriles is 2. The van der Waals surface area contributed by atoms with Crippen LogP contribution in [0.25, 0.3) is 11.1 Å². The van der Waals surface area contributed by atoms with Crippen molar-refractivity contribution in [3.63, 3.8) is 0 Å². The normalized spacial score (nSPS) is 9.87. The molecule has 0 aromatic heterocycles. The van der Waals surface area contributed by atoms with E-state index in [-0.39, 0.29) is 0 Å². The molecular formula is C19H18N2O2. The summed E-state index contributed by atoms with van der Waals surface area (Å²) in [4.78, 5) is 0. The SMILES string of the molecule is Cc1cc(-c2cc(C)c(OC#N)c(C)c2C)cc(C)c1OC#N. The average molecular weight is 306 g/mol. The predicted octanol–water partition coefficient (Wildman–Crippen LogP) is 4.62. The Labute approximate surface area is 136 Å². The van der Waals surface area contributed by atoms with Crippen LogP contribution in [0.2, 0.25) is 0 Å². The van der Waals surface area contributed by atoms with Gasteiger partial charge in [0.25, 0.3) is 12.5 Å². The molecule has 2 rings (SSSR count). The van der Waals surface area contributed by atoms with Crippen molar-refractivity contribution in [1.82, 2.24) is 0 Å². The lowest BCUT2D eigenvalue weighted by Crippen LogP contribution is -1.98. The van der Waals surface area contributed by atoms with Crippen LogP contribution in [0.4, 0.5) is 0 Å². The molecule has 0 aliphatic carbocycles. The van der Waals surface area contributed by atoms with Crippen molar-refractivity contribution in [2.24, 2.45) is 0 Å². The van der Waals surface area contributed by atoms with E-state index in [2.05, 4.69) is 0 Å². The third kappa shape index (κ3) is 2.98. The smallest absolute Gasteiger partial charge is 0.292 e. The first kappa shape index (κ1) is 16.4. The molecule has 0 saturated carbocycles. The molecule has 0 saturated heterocycles.